The quantitative estimate of drug-likeness (QED) is 0.220. The van der Waals surface area contributed by atoms with Gasteiger partial charge in [0.2, 0.25) is 0 Å². The number of hydrogen-bond acceptors (Lipinski definition) is 3. The highest BCUT2D eigenvalue weighted by Gasteiger charge is 2.12. The van der Waals surface area contributed by atoms with Crippen molar-refractivity contribution in [2.24, 2.45) is 4.99 Å². The molecule has 1 aromatic rings. The third-order valence-electron chi connectivity index (χ3n) is 5.40. The second-order valence-electron chi connectivity index (χ2n) is 7.58. The van der Waals surface area contributed by atoms with E-state index in [0.29, 0.717) is 12.6 Å². The summed E-state index contributed by atoms with van der Waals surface area (Å²) in [4.78, 5) is 21.5. The molecule has 2 N–H and O–H groups in total. The lowest BCUT2D eigenvalue weighted by Crippen LogP contribution is -2.42. The molecule has 0 spiro atoms. The molecule has 0 aliphatic heterocycles. The molecule has 178 valence electrons. The Morgan fingerprint density at radius 1 is 1.00 bits per heavy atom. The number of guanidine groups is 1. The number of hydrogen-bond donors (Lipinski definition) is 2. The van der Waals surface area contributed by atoms with E-state index in [1.54, 1.807) is 0 Å². The lowest BCUT2D eigenvalue weighted by molar-refractivity contribution is 0.0773. The fourth-order valence-electron chi connectivity index (χ4n) is 3.40. The first-order valence-electron chi connectivity index (χ1n) is 11.6. The molecule has 7 heteroatoms. The van der Waals surface area contributed by atoms with E-state index in [1.807, 2.05) is 43.0 Å². The van der Waals surface area contributed by atoms with Crippen LogP contribution in [0.4, 0.5) is 0 Å². The maximum atomic E-state index is 12.4. The summed E-state index contributed by atoms with van der Waals surface area (Å²) in [5.41, 5.74) is 1.83. The molecule has 0 saturated carbocycles. The number of benzene rings is 1. The van der Waals surface area contributed by atoms with Gasteiger partial charge in [-0.3, -0.25) is 4.79 Å². The topological polar surface area (TPSA) is 60.0 Å². The number of aliphatic imine (C=N–C) groups is 1. The number of carbonyl (C=O) groups is 1. The van der Waals surface area contributed by atoms with Gasteiger partial charge in [0.05, 0.1) is 6.54 Å². The molecular weight excluding hydrogens is 501 g/mol. The predicted molar refractivity (Wildman–Crippen MR) is 144 cm³/mol. The molecule has 0 saturated heterocycles. The van der Waals surface area contributed by atoms with Crippen molar-refractivity contribution in [2.75, 3.05) is 39.3 Å². The van der Waals surface area contributed by atoms with Gasteiger partial charge in [0.1, 0.15) is 0 Å². The van der Waals surface area contributed by atoms with Gasteiger partial charge in [-0.25, -0.2) is 4.99 Å². The van der Waals surface area contributed by atoms with Crippen molar-refractivity contribution >= 4 is 35.8 Å². The van der Waals surface area contributed by atoms with Gasteiger partial charge in [0, 0.05) is 31.2 Å². The molecule has 0 bridgehead atoms. The van der Waals surface area contributed by atoms with Crippen molar-refractivity contribution in [1.29, 1.82) is 0 Å². The minimum Gasteiger partial charge on any atom is -0.357 e. The van der Waals surface area contributed by atoms with E-state index in [2.05, 4.69) is 43.2 Å². The van der Waals surface area contributed by atoms with Crippen LogP contribution in [0.2, 0.25) is 0 Å². The van der Waals surface area contributed by atoms with Crippen LogP contribution in [0.3, 0.4) is 0 Å². The summed E-state index contributed by atoms with van der Waals surface area (Å²) in [5, 5.41) is 6.85. The summed E-state index contributed by atoms with van der Waals surface area (Å²) in [5.74, 6) is 0.930. The Morgan fingerprint density at radius 2 is 1.61 bits per heavy atom. The zero-order valence-electron chi connectivity index (χ0n) is 20.4. The lowest BCUT2D eigenvalue weighted by Gasteiger charge is -2.21. The van der Waals surface area contributed by atoms with Gasteiger partial charge in [-0.15, -0.1) is 24.0 Å². The van der Waals surface area contributed by atoms with Gasteiger partial charge in [-0.1, -0.05) is 26.0 Å². The number of rotatable bonds is 13. The second kappa shape index (κ2) is 17.2. The third-order valence-corrected chi connectivity index (χ3v) is 5.40. The summed E-state index contributed by atoms with van der Waals surface area (Å²) in [6.07, 6.45) is 2.29. The van der Waals surface area contributed by atoms with Crippen molar-refractivity contribution in [1.82, 2.24) is 20.4 Å². The van der Waals surface area contributed by atoms with Crippen LogP contribution in [-0.2, 0) is 6.54 Å². The molecule has 0 aliphatic rings. The fourth-order valence-corrected chi connectivity index (χ4v) is 3.40. The van der Waals surface area contributed by atoms with Gasteiger partial charge in [0.25, 0.3) is 5.91 Å². The van der Waals surface area contributed by atoms with Gasteiger partial charge in [0.15, 0.2) is 5.96 Å². The van der Waals surface area contributed by atoms with Gasteiger partial charge in [-0.2, -0.15) is 0 Å². The number of halogens is 1. The molecule has 0 aromatic heterocycles. The zero-order valence-corrected chi connectivity index (χ0v) is 22.7. The summed E-state index contributed by atoms with van der Waals surface area (Å²) in [6.45, 7) is 19.0. The third kappa shape index (κ3) is 11.2. The summed E-state index contributed by atoms with van der Waals surface area (Å²) < 4.78 is 0. The molecule has 31 heavy (non-hydrogen) atoms. The Balaban J connectivity index is 0.00000900. The predicted octanol–water partition coefficient (Wildman–Crippen LogP) is 4.35. The SMILES string of the molecule is CCNC(=NCc1ccc(C(=O)N(CC)CC)cc1)NC(C)CCCN(CC)CC.I. The van der Waals surface area contributed by atoms with Crippen molar-refractivity contribution in [3.63, 3.8) is 0 Å². The van der Waals surface area contributed by atoms with Crippen LogP contribution >= 0.6 is 24.0 Å². The van der Waals surface area contributed by atoms with Crippen molar-refractivity contribution in [2.45, 2.75) is 67.0 Å². The maximum absolute atomic E-state index is 12.4. The monoisotopic (exact) mass is 545 g/mol. The van der Waals surface area contributed by atoms with E-state index in [0.717, 1.165) is 62.8 Å². The van der Waals surface area contributed by atoms with E-state index in [1.165, 1.54) is 6.42 Å². The van der Waals surface area contributed by atoms with Crippen molar-refractivity contribution in [3.8, 4) is 0 Å². The second-order valence-corrected chi connectivity index (χ2v) is 7.58. The molecule has 1 amide bonds. The van der Waals surface area contributed by atoms with E-state index in [-0.39, 0.29) is 29.9 Å². The highest BCUT2D eigenvalue weighted by molar-refractivity contribution is 14.0. The highest BCUT2D eigenvalue weighted by Crippen LogP contribution is 2.09. The van der Waals surface area contributed by atoms with Gasteiger partial charge in [-0.05, 0) is 77.9 Å². The van der Waals surface area contributed by atoms with Gasteiger partial charge < -0.3 is 20.4 Å². The molecule has 0 heterocycles. The maximum Gasteiger partial charge on any atom is 0.253 e. The van der Waals surface area contributed by atoms with Gasteiger partial charge >= 0.3 is 0 Å². The van der Waals surface area contributed by atoms with Crippen LogP contribution in [0, 0.1) is 0 Å². The largest absolute Gasteiger partial charge is 0.357 e. The number of carbonyl (C=O) groups excluding carboxylic acids is 1. The molecule has 0 aliphatic carbocycles. The Morgan fingerprint density at radius 3 is 2.13 bits per heavy atom. The Kier molecular flexibility index (Phi) is 16.5. The Bertz CT molecular complexity index is 627. The first-order chi connectivity index (χ1) is 14.5. The zero-order chi connectivity index (χ0) is 22.4. The molecular formula is C24H44IN5O. The van der Waals surface area contributed by atoms with Crippen LogP contribution in [0.25, 0.3) is 0 Å². The molecule has 0 radical (unpaired) electrons. The van der Waals surface area contributed by atoms with Crippen molar-refractivity contribution < 1.29 is 4.79 Å². The first kappa shape index (κ1) is 29.7. The molecule has 1 atom stereocenters. The molecule has 1 aromatic carbocycles. The van der Waals surface area contributed by atoms with E-state index in [9.17, 15) is 4.79 Å². The van der Waals surface area contributed by atoms with Crippen LogP contribution in [0.15, 0.2) is 29.3 Å². The minimum atomic E-state index is 0. The number of nitrogens with zero attached hydrogens (tertiary/aromatic N) is 3. The van der Waals surface area contributed by atoms with Crippen molar-refractivity contribution in [3.05, 3.63) is 35.4 Å². The number of amides is 1. The highest BCUT2D eigenvalue weighted by atomic mass is 127. The Labute approximate surface area is 207 Å². The molecule has 1 rings (SSSR count). The van der Waals surface area contributed by atoms with Crippen LogP contribution in [-0.4, -0.2) is 67.0 Å². The summed E-state index contributed by atoms with van der Waals surface area (Å²) >= 11 is 0. The molecule has 0 fully saturated rings. The first-order valence-corrected chi connectivity index (χ1v) is 11.6. The fraction of sp³-hybridized carbons (Fsp3) is 0.667. The lowest BCUT2D eigenvalue weighted by atomic mass is 10.1. The smallest absolute Gasteiger partial charge is 0.253 e. The average molecular weight is 546 g/mol. The van der Waals surface area contributed by atoms with Crippen LogP contribution in [0.1, 0.15) is 70.3 Å². The number of nitrogens with one attached hydrogen (secondary N) is 2. The Hall–Kier alpha value is -1.35. The summed E-state index contributed by atoms with van der Waals surface area (Å²) in [7, 11) is 0. The van der Waals surface area contributed by atoms with E-state index in [4.69, 9.17) is 4.99 Å². The minimum absolute atomic E-state index is 0. The molecule has 6 nitrogen and oxygen atoms in total. The van der Waals surface area contributed by atoms with Crippen LogP contribution in [0.5, 0.6) is 0 Å². The van der Waals surface area contributed by atoms with E-state index >= 15 is 0 Å². The summed E-state index contributed by atoms with van der Waals surface area (Å²) in [6, 6.07) is 8.17. The van der Waals surface area contributed by atoms with Crippen LogP contribution < -0.4 is 10.6 Å². The molecule has 1 unspecified atom stereocenters. The van der Waals surface area contributed by atoms with E-state index < -0.39 is 0 Å². The average Bonchev–Trinajstić information content (AvgIpc) is 2.76. The normalized spacial score (nSPS) is 12.3. The standard InChI is InChI=1S/C24H43N5O.HI/c1-7-25-24(27-20(6)13-12-18-28(8-2)9-3)26-19-21-14-16-22(17-15-21)23(30)29(10-4)11-5;/h14-17,20H,7-13,18-19H2,1-6H3,(H2,25,26,27);1H.